The highest BCUT2D eigenvalue weighted by molar-refractivity contribution is 8.00. The van der Waals surface area contributed by atoms with E-state index in [4.69, 9.17) is 0 Å². The minimum absolute atomic E-state index is 0.0720. The smallest absolute Gasteiger partial charge is 0.233 e. The zero-order valence-electron chi connectivity index (χ0n) is 11.5. The Morgan fingerprint density at radius 3 is 2.67 bits per heavy atom. The van der Waals surface area contributed by atoms with Gasteiger partial charge in [-0.05, 0) is 45.5 Å². The summed E-state index contributed by atoms with van der Waals surface area (Å²) in [7, 11) is 1.93. The van der Waals surface area contributed by atoms with Gasteiger partial charge in [0.15, 0.2) is 0 Å². The van der Waals surface area contributed by atoms with Gasteiger partial charge in [-0.2, -0.15) is 0 Å². The van der Waals surface area contributed by atoms with Crippen molar-refractivity contribution in [3.05, 3.63) is 29.8 Å². The van der Waals surface area contributed by atoms with Crippen LogP contribution in [0.4, 0.5) is 0 Å². The third-order valence-electron chi connectivity index (χ3n) is 2.39. The van der Waals surface area contributed by atoms with Gasteiger partial charge in [0, 0.05) is 17.5 Å². The van der Waals surface area contributed by atoms with Gasteiger partial charge >= 0.3 is 0 Å². The number of nitrogens with one attached hydrogen (secondary N) is 2. The summed E-state index contributed by atoms with van der Waals surface area (Å²) in [6.45, 7) is 6.74. The molecule has 0 heterocycles. The van der Waals surface area contributed by atoms with Crippen molar-refractivity contribution in [1.29, 1.82) is 0 Å². The first kappa shape index (κ1) is 15.1. The lowest BCUT2D eigenvalue weighted by Gasteiger charge is -2.14. The molecule has 3 nitrogen and oxygen atoms in total. The number of benzene rings is 1. The van der Waals surface area contributed by atoms with Gasteiger partial charge in [-0.15, -0.1) is 11.8 Å². The Hall–Kier alpha value is -1.00. The van der Waals surface area contributed by atoms with Gasteiger partial charge < -0.3 is 10.6 Å². The summed E-state index contributed by atoms with van der Waals surface area (Å²) in [5, 5.41) is 5.98. The zero-order valence-corrected chi connectivity index (χ0v) is 12.3. The first-order valence-electron chi connectivity index (χ1n) is 6.23. The molecule has 1 rings (SSSR count). The van der Waals surface area contributed by atoms with Crippen LogP contribution in [-0.2, 0) is 11.3 Å². The number of amides is 1. The first-order chi connectivity index (χ1) is 8.52. The average Bonchev–Trinajstić information content (AvgIpc) is 2.29. The molecule has 1 atom stereocenters. The summed E-state index contributed by atoms with van der Waals surface area (Å²) < 4.78 is 0. The van der Waals surface area contributed by atoms with Crippen LogP contribution in [0.25, 0.3) is 0 Å². The molecule has 0 fully saturated rings. The molecule has 4 heteroatoms. The number of hydrogen-bond donors (Lipinski definition) is 2. The molecule has 1 amide bonds. The molecule has 100 valence electrons. The summed E-state index contributed by atoms with van der Waals surface area (Å²) in [5.41, 5.74) is 1.24. The summed E-state index contributed by atoms with van der Waals surface area (Å²) in [6.07, 6.45) is 0. The van der Waals surface area contributed by atoms with E-state index < -0.39 is 0 Å². The summed E-state index contributed by atoms with van der Waals surface area (Å²) >= 11 is 1.59. The van der Waals surface area contributed by atoms with Crippen molar-refractivity contribution in [2.24, 2.45) is 0 Å². The monoisotopic (exact) mass is 266 g/mol. The number of thioether (sulfide) groups is 1. The molecular weight excluding hydrogens is 244 g/mol. The lowest BCUT2D eigenvalue weighted by Crippen LogP contribution is -2.35. The lowest BCUT2D eigenvalue weighted by atomic mass is 10.2. The fourth-order valence-corrected chi connectivity index (χ4v) is 2.55. The van der Waals surface area contributed by atoms with E-state index in [1.807, 2.05) is 40.0 Å². The summed E-state index contributed by atoms with van der Waals surface area (Å²) in [4.78, 5) is 13.0. The van der Waals surface area contributed by atoms with Crippen molar-refractivity contribution in [1.82, 2.24) is 10.6 Å². The Bertz CT molecular complexity index is 393. The average molecular weight is 266 g/mol. The second-order valence-electron chi connectivity index (χ2n) is 4.60. The van der Waals surface area contributed by atoms with Crippen LogP contribution in [0.5, 0.6) is 0 Å². The Balaban J connectivity index is 2.60. The van der Waals surface area contributed by atoms with E-state index in [1.54, 1.807) is 11.8 Å². The van der Waals surface area contributed by atoms with E-state index >= 15 is 0 Å². The molecule has 1 aromatic rings. The Morgan fingerprint density at radius 2 is 2.06 bits per heavy atom. The van der Waals surface area contributed by atoms with Crippen LogP contribution < -0.4 is 10.6 Å². The van der Waals surface area contributed by atoms with Gasteiger partial charge in [-0.3, -0.25) is 4.79 Å². The van der Waals surface area contributed by atoms with E-state index in [-0.39, 0.29) is 17.2 Å². The van der Waals surface area contributed by atoms with Crippen LogP contribution in [-0.4, -0.2) is 24.2 Å². The second-order valence-corrected chi connectivity index (χ2v) is 6.02. The molecular formula is C14H22N2OS. The van der Waals surface area contributed by atoms with Gasteiger partial charge in [0.25, 0.3) is 0 Å². The zero-order chi connectivity index (χ0) is 13.5. The molecule has 0 saturated heterocycles. The molecule has 0 aliphatic rings. The van der Waals surface area contributed by atoms with E-state index in [0.717, 1.165) is 11.4 Å². The molecule has 1 unspecified atom stereocenters. The van der Waals surface area contributed by atoms with Crippen LogP contribution in [0.3, 0.4) is 0 Å². The molecule has 1 aromatic carbocycles. The molecule has 0 aromatic heterocycles. The summed E-state index contributed by atoms with van der Waals surface area (Å²) in [6, 6.07) is 8.47. The minimum Gasteiger partial charge on any atom is -0.353 e. The fourth-order valence-electron chi connectivity index (χ4n) is 1.59. The maximum absolute atomic E-state index is 11.8. The van der Waals surface area contributed by atoms with E-state index in [0.29, 0.717) is 0 Å². The van der Waals surface area contributed by atoms with Crippen LogP contribution in [0, 0.1) is 0 Å². The SMILES string of the molecule is CNCc1cccc(SC(C)C(=O)NC(C)C)c1. The fraction of sp³-hybridized carbons (Fsp3) is 0.500. The van der Waals surface area contributed by atoms with Crippen molar-refractivity contribution >= 4 is 17.7 Å². The maximum atomic E-state index is 11.8. The van der Waals surface area contributed by atoms with Gasteiger partial charge in [-0.25, -0.2) is 0 Å². The second kappa shape index (κ2) is 7.44. The predicted octanol–water partition coefficient (Wildman–Crippen LogP) is 2.41. The molecule has 0 aliphatic heterocycles. The van der Waals surface area contributed by atoms with Crippen molar-refractivity contribution in [3.8, 4) is 0 Å². The topological polar surface area (TPSA) is 41.1 Å². The highest BCUT2D eigenvalue weighted by Gasteiger charge is 2.14. The minimum atomic E-state index is -0.0720. The molecule has 0 aliphatic carbocycles. The standard InChI is InChI=1S/C14H22N2OS/c1-10(2)16-14(17)11(3)18-13-7-5-6-12(8-13)9-15-4/h5-8,10-11,15H,9H2,1-4H3,(H,16,17). The summed E-state index contributed by atoms with van der Waals surface area (Å²) in [5.74, 6) is 0.0917. The molecule has 0 radical (unpaired) electrons. The molecule has 0 spiro atoms. The highest BCUT2D eigenvalue weighted by atomic mass is 32.2. The van der Waals surface area contributed by atoms with Crippen LogP contribution in [0.2, 0.25) is 0 Å². The number of carbonyl (C=O) groups is 1. The highest BCUT2D eigenvalue weighted by Crippen LogP contribution is 2.24. The van der Waals surface area contributed by atoms with Gasteiger partial charge in [-0.1, -0.05) is 12.1 Å². The van der Waals surface area contributed by atoms with Crippen molar-refractivity contribution in [3.63, 3.8) is 0 Å². The Kier molecular flexibility index (Phi) is 6.22. The third kappa shape index (κ3) is 5.10. The molecule has 2 N–H and O–H groups in total. The molecule has 0 bridgehead atoms. The predicted molar refractivity (Wildman–Crippen MR) is 77.8 cm³/mol. The van der Waals surface area contributed by atoms with Crippen LogP contribution in [0.1, 0.15) is 26.3 Å². The lowest BCUT2D eigenvalue weighted by molar-refractivity contribution is -0.120. The molecule has 0 saturated carbocycles. The third-order valence-corrected chi connectivity index (χ3v) is 3.49. The molecule has 18 heavy (non-hydrogen) atoms. The largest absolute Gasteiger partial charge is 0.353 e. The van der Waals surface area contributed by atoms with E-state index in [2.05, 4.69) is 22.8 Å². The quantitative estimate of drug-likeness (QED) is 0.777. The first-order valence-corrected chi connectivity index (χ1v) is 7.11. The maximum Gasteiger partial charge on any atom is 0.233 e. The van der Waals surface area contributed by atoms with Gasteiger partial charge in [0.05, 0.1) is 5.25 Å². The normalized spacial score (nSPS) is 12.5. The Labute approximate surface area is 114 Å². The van der Waals surface area contributed by atoms with Crippen LogP contribution in [0.15, 0.2) is 29.2 Å². The van der Waals surface area contributed by atoms with Crippen molar-refractivity contribution < 1.29 is 4.79 Å². The Morgan fingerprint density at radius 1 is 1.33 bits per heavy atom. The van der Waals surface area contributed by atoms with Gasteiger partial charge in [0.1, 0.15) is 0 Å². The van der Waals surface area contributed by atoms with Crippen LogP contribution >= 0.6 is 11.8 Å². The van der Waals surface area contributed by atoms with Crippen molar-refractivity contribution in [2.45, 2.75) is 43.5 Å². The number of rotatable bonds is 6. The van der Waals surface area contributed by atoms with E-state index in [9.17, 15) is 4.79 Å². The number of carbonyl (C=O) groups excluding carboxylic acids is 1. The van der Waals surface area contributed by atoms with E-state index in [1.165, 1.54) is 5.56 Å². The number of hydrogen-bond acceptors (Lipinski definition) is 3. The van der Waals surface area contributed by atoms with Crippen molar-refractivity contribution in [2.75, 3.05) is 7.05 Å². The van der Waals surface area contributed by atoms with Gasteiger partial charge in [0.2, 0.25) is 5.91 Å².